The van der Waals surface area contributed by atoms with Crippen LogP contribution in [0.2, 0.25) is 0 Å². The normalized spacial score (nSPS) is 9.90. The molecule has 0 aliphatic heterocycles. The second-order valence-corrected chi connectivity index (χ2v) is 4.49. The third-order valence-corrected chi connectivity index (χ3v) is 2.79. The molecule has 0 radical (unpaired) electrons. The maximum Gasteiger partial charge on any atom is 0.315 e. The van der Waals surface area contributed by atoms with E-state index in [2.05, 4.69) is 15.6 Å². The van der Waals surface area contributed by atoms with Gasteiger partial charge in [-0.05, 0) is 30.2 Å². The molecular weight excluding hydrogens is 266 g/mol. The van der Waals surface area contributed by atoms with Gasteiger partial charge in [0.05, 0.1) is 6.61 Å². The van der Waals surface area contributed by atoms with Crippen LogP contribution in [-0.4, -0.2) is 24.2 Å². The predicted molar refractivity (Wildman–Crippen MR) is 81.0 cm³/mol. The fourth-order valence-corrected chi connectivity index (χ4v) is 1.73. The van der Waals surface area contributed by atoms with Crippen molar-refractivity contribution in [1.29, 1.82) is 0 Å². The molecule has 1 heterocycles. The van der Waals surface area contributed by atoms with E-state index in [9.17, 15) is 4.79 Å². The molecule has 0 saturated carbocycles. The van der Waals surface area contributed by atoms with Gasteiger partial charge in [-0.25, -0.2) is 4.79 Å². The molecule has 5 heteroatoms. The van der Waals surface area contributed by atoms with E-state index in [1.54, 1.807) is 12.4 Å². The Morgan fingerprint density at radius 1 is 1.10 bits per heavy atom. The molecule has 0 unspecified atom stereocenters. The van der Waals surface area contributed by atoms with Crippen LogP contribution in [-0.2, 0) is 6.54 Å². The second-order valence-electron chi connectivity index (χ2n) is 4.49. The summed E-state index contributed by atoms with van der Waals surface area (Å²) in [5.74, 6) is 0.846. The highest BCUT2D eigenvalue weighted by Crippen LogP contribution is 2.07. The number of pyridine rings is 1. The highest BCUT2D eigenvalue weighted by Gasteiger charge is 1.99. The lowest BCUT2D eigenvalue weighted by atomic mass is 10.3. The van der Waals surface area contributed by atoms with Gasteiger partial charge in [0, 0.05) is 25.5 Å². The van der Waals surface area contributed by atoms with Gasteiger partial charge in [0.1, 0.15) is 5.75 Å². The number of nitrogens with zero attached hydrogens (tertiary/aromatic N) is 1. The van der Waals surface area contributed by atoms with Crippen molar-refractivity contribution in [1.82, 2.24) is 15.6 Å². The number of hydrogen-bond donors (Lipinski definition) is 2. The number of aromatic nitrogens is 1. The Bertz CT molecular complexity index is 532. The number of urea groups is 1. The molecule has 0 atom stereocenters. The first-order valence-electron chi connectivity index (χ1n) is 6.93. The number of benzene rings is 1. The van der Waals surface area contributed by atoms with E-state index in [0.29, 0.717) is 19.7 Å². The average molecular weight is 285 g/mol. The number of hydrogen-bond acceptors (Lipinski definition) is 3. The number of rotatable bonds is 7. The van der Waals surface area contributed by atoms with Crippen LogP contribution in [0.1, 0.15) is 12.0 Å². The number of carbonyl (C=O) groups is 1. The molecule has 2 N–H and O–H groups in total. The summed E-state index contributed by atoms with van der Waals surface area (Å²) >= 11 is 0. The van der Waals surface area contributed by atoms with E-state index in [1.807, 2.05) is 42.5 Å². The summed E-state index contributed by atoms with van der Waals surface area (Å²) in [4.78, 5) is 15.6. The molecule has 2 amide bonds. The van der Waals surface area contributed by atoms with E-state index in [4.69, 9.17) is 4.74 Å². The molecule has 0 fully saturated rings. The third kappa shape index (κ3) is 5.95. The zero-order valence-electron chi connectivity index (χ0n) is 11.8. The van der Waals surface area contributed by atoms with E-state index in [-0.39, 0.29) is 6.03 Å². The van der Waals surface area contributed by atoms with Crippen molar-refractivity contribution in [3.8, 4) is 5.75 Å². The SMILES string of the molecule is O=C(NCCCOc1ccccc1)NCc1cccnc1. The molecule has 0 aliphatic rings. The standard InChI is InChI=1S/C16H19N3O2/c20-16(19-13-14-6-4-9-17-12-14)18-10-5-11-21-15-7-2-1-3-8-15/h1-4,6-9,12H,5,10-11,13H2,(H2,18,19,20). The Labute approximate surface area is 124 Å². The van der Waals surface area contributed by atoms with Gasteiger partial charge in [0.15, 0.2) is 0 Å². The van der Waals surface area contributed by atoms with E-state index < -0.39 is 0 Å². The first-order chi connectivity index (χ1) is 10.3. The molecule has 0 bridgehead atoms. The maximum absolute atomic E-state index is 11.6. The maximum atomic E-state index is 11.6. The van der Waals surface area contributed by atoms with Crippen LogP contribution < -0.4 is 15.4 Å². The van der Waals surface area contributed by atoms with E-state index in [1.165, 1.54) is 0 Å². The van der Waals surface area contributed by atoms with Gasteiger partial charge in [-0.15, -0.1) is 0 Å². The van der Waals surface area contributed by atoms with Crippen LogP contribution >= 0.6 is 0 Å². The number of nitrogens with one attached hydrogen (secondary N) is 2. The van der Waals surface area contributed by atoms with Crippen molar-refractivity contribution >= 4 is 6.03 Å². The average Bonchev–Trinajstić information content (AvgIpc) is 2.54. The molecule has 21 heavy (non-hydrogen) atoms. The van der Waals surface area contributed by atoms with Crippen molar-refractivity contribution in [2.45, 2.75) is 13.0 Å². The molecule has 2 rings (SSSR count). The second kappa shape index (κ2) is 8.58. The van der Waals surface area contributed by atoms with Gasteiger partial charge < -0.3 is 15.4 Å². The number of amides is 2. The fraction of sp³-hybridized carbons (Fsp3) is 0.250. The molecule has 2 aromatic rings. The molecule has 5 nitrogen and oxygen atoms in total. The Hall–Kier alpha value is -2.56. The Morgan fingerprint density at radius 3 is 2.71 bits per heavy atom. The molecule has 110 valence electrons. The number of ether oxygens (including phenoxy) is 1. The van der Waals surface area contributed by atoms with Gasteiger partial charge in [-0.2, -0.15) is 0 Å². The third-order valence-electron chi connectivity index (χ3n) is 2.79. The molecular formula is C16H19N3O2. The van der Waals surface area contributed by atoms with Crippen LogP contribution in [0.4, 0.5) is 4.79 Å². The molecule has 0 saturated heterocycles. The highest BCUT2D eigenvalue weighted by molar-refractivity contribution is 5.73. The quantitative estimate of drug-likeness (QED) is 0.768. The molecule has 0 spiro atoms. The summed E-state index contributed by atoms with van der Waals surface area (Å²) in [6.07, 6.45) is 4.19. The van der Waals surface area contributed by atoms with Gasteiger partial charge in [-0.1, -0.05) is 24.3 Å². The van der Waals surface area contributed by atoms with Crippen LogP contribution in [0.5, 0.6) is 5.75 Å². The van der Waals surface area contributed by atoms with Crippen molar-refractivity contribution in [3.05, 3.63) is 60.4 Å². The van der Waals surface area contributed by atoms with Gasteiger partial charge >= 0.3 is 6.03 Å². The first-order valence-corrected chi connectivity index (χ1v) is 6.93. The van der Waals surface area contributed by atoms with E-state index in [0.717, 1.165) is 17.7 Å². The molecule has 0 aliphatic carbocycles. The van der Waals surface area contributed by atoms with Crippen molar-refractivity contribution in [2.24, 2.45) is 0 Å². The summed E-state index contributed by atoms with van der Waals surface area (Å²) in [5.41, 5.74) is 0.972. The topological polar surface area (TPSA) is 63.2 Å². The Kier molecular flexibility index (Phi) is 6.06. The van der Waals surface area contributed by atoms with Crippen molar-refractivity contribution in [3.63, 3.8) is 0 Å². The first kappa shape index (κ1) is 14.8. The number of para-hydroxylation sites is 1. The highest BCUT2D eigenvalue weighted by atomic mass is 16.5. The summed E-state index contributed by atoms with van der Waals surface area (Å²) in [6.45, 7) is 1.62. The van der Waals surface area contributed by atoms with Crippen LogP contribution in [0.3, 0.4) is 0 Å². The minimum atomic E-state index is -0.182. The fourth-order valence-electron chi connectivity index (χ4n) is 1.73. The summed E-state index contributed by atoms with van der Waals surface area (Å²) in [7, 11) is 0. The lowest BCUT2D eigenvalue weighted by molar-refractivity contribution is 0.238. The monoisotopic (exact) mass is 285 g/mol. The Morgan fingerprint density at radius 2 is 1.95 bits per heavy atom. The zero-order chi connectivity index (χ0) is 14.8. The minimum absolute atomic E-state index is 0.182. The van der Waals surface area contributed by atoms with E-state index >= 15 is 0 Å². The van der Waals surface area contributed by atoms with Gasteiger partial charge in [-0.3, -0.25) is 4.98 Å². The van der Waals surface area contributed by atoms with Crippen molar-refractivity contribution in [2.75, 3.05) is 13.2 Å². The largest absolute Gasteiger partial charge is 0.494 e. The van der Waals surface area contributed by atoms with Gasteiger partial charge in [0.25, 0.3) is 0 Å². The predicted octanol–water partition coefficient (Wildman–Crippen LogP) is 2.35. The summed E-state index contributed by atoms with van der Waals surface area (Å²) in [5, 5.41) is 5.57. The van der Waals surface area contributed by atoms with Crippen molar-refractivity contribution < 1.29 is 9.53 Å². The lowest BCUT2D eigenvalue weighted by Gasteiger charge is -2.08. The van der Waals surface area contributed by atoms with Crippen LogP contribution in [0, 0.1) is 0 Å². The van der Waals surface area contributed by atoms with Crippen LogP contribution in [0.15, 0.2) is 54.9 Å². The molecule has 1 aromatic carbocycles. The van der Waals surface area contributed by atoms with Crippen LogP contribution in [0.25, 0.3) is 0 Å². The minimum Gasteiger partial charge on any atom is -0.494 e. The number of carbonyl (C=O) groups excluding carboxylic acids is 1. The molecule has 1 aromatic heterocycles. The Balaban J connectivity index is 1.53. The lowest BCUT2D eigenvalue weighted by Crippen LogP contribution is -2.36. The smallest absolute Gasteiger partial charge is 0.315 e. The zero-order valence-corrected chi connectivity index (χ0v) is 11.8. The summed E-state index contributed by atoms with van der Waals surface area (Å²) < 4.78 is 5.54. The van der Waals surface area contributed by atoms with Gasteiger partial charge in [0.2, 0.25) is 0 Å². The summed E-state index contributed by atoms with van der Waals surface area (Å²) in [6, 6.07) is 13.2.